The molecule has 2 nitrogen and oxygen atoms in total. The minimum atomic E-state index is -5.06. The first-order valence-corrected chi connectivity index (χ1v) is 15.6. The molecule has 7 rings (SSSR count). The van der Waals surface area contributed by atoms with E-state index in [2.05, 4.69) is 0 Å². The Morgan fingerprint density at radius 2 is 1.31 bits per heavy atom. The first-order valence-electron chi connectivity index (χ1n) is 15.6. The van der Waals surface area contributed by atoms with E-state index in [0.717, 1.165) is 16.7 Å². The largest absolute Gasteiger partial charge is 0.497 e. The van der Waals surface area contributed by atoms with Crippen LogP contribution in [0.4, 0.5) is 26.3 Å². The molecule has 0 amide bonds. The minimum Gasteiger partial charge on any atom is -0.497 e. The maximum Gasteiger partial charge on any atom is 0.402 e. The van der Waals surface area contributed by atoms with E-state index in [9.17, 15) is 13.2 Å². The van der Waals surface area contributed by atoms with Crippen LogP contribution in [0.5, 0.6) is 11.5 Å². The molecule has 246 valence electrons. The molecule has 0 spiro atoms. The molecule has 0 N–H and O–H groups in total. The Kier molecular flexibility index (Phi) is 7.24. The van der Waals surface area contributed by atoms with Crippen LogP contribution in [0.2, 0.25) is 0 Å². The van der Waals surface area contributed by atoms with Crippen LogP contribution < -0.4 is 9.47 Å². The molecule has 0 bridgehead atoms. The molecule has 2 aliphatic rings. The Labute approximate surface area is 274 Å². The highest BCUT2D eigenvalue weighted by molar-refractivity contribution is 6.09. The van der Waals surface area contributed by atoms with Gasteiger partial charge in [0.05, 0.1) is 7.11 Å². The smallest absolute Gasteiger partial charge is 0.402 e. The maximum absolute atomic E-state index is 15.9. The molecule has 2 atom stereocenters. The highest BCUT2D eigenvalue weighted by atomic mass is 19.4. The predicted octanol–water partition coefficient (Wildman–Crippen LogP) is 11.3. The maximum atomic E-state index is 15.9. The molecule has 1 aliphatic heterocycles. The average Bonchev–Trinajstić information content (AvgIpc) is 3.34. The summed E-state index contributed by atoms with van der Waals surface area (Å²) in [5, 5.41) is 1.07. The van der Waals surface area contributed by atoms with Crippen molar-refractivity contribution < 1.29 is 35.8 Å². The molecule has 48 heavy (non-hydrogen) atoms. The van der Waals surface area contributed by atoms with Crippen LogP contribution in [0, 0.1) is 20.8 Å². The van der Waals surface area contributed by atoms with Gasteiger partial charge in [-0.1, -0.05) is 89.5 Å². The second-order valence-electron chi connectivity index (χ2n) is 12.9. The standard InChI is InChI=1S/C40H32F6O2/c1-23-5-9-26(10-6-23)38(27-11-13-28(47-4)14-12-27)18-17-31-35-34(29-15-7-24(2)21-32(29)36(31)48-38)30-16-8-25(3)22-33(30)37(35,40(44,45)46)19-20-39(41,42)43/h5-18,21-22H,19-20H2,1-4H3. The number of fused-ring (bicyclic) bond motifs is 8. The quantitative estimate of drug-likeness (QED) is 0.175. The van der Waals surface area contributed by atoms with Gasteiger partial charge in [-0.3, -0.25) is 0 Å². The topological polar surface area (TPSA) is 18.5 Å². The van der Waals surface area contributed by atoms with E-state index in [1.54, 1.807) is 56.5 Å². The van der Waals surface area contributed by atoms with Crippen molar-refractivity contribution in [3.63, 3.8) is 0 Å². The fourth-order valence-corrected chi connectivity index (χ4v) is 7.49. The zero-order chi connectivity index (χ0) is 34.2. The normalized spacial score (nSPS) is 19.9. The van der Waals surface area contributed by atoms with Gasteiger partial charge in [0.2, 0.25) is 0 Å². The van der Waals surface area contributed by atoms with Gasteiger partial charge in [0, 0.05) is 28.5 Å². The number of hydrogen-bond acceptors (Lipinski definition) is 2. The molecule has 0 saturated heterocycles. The molecule has 0 radical (unpaired) electrons. The Hall–Kier alpha value is -4.72. The number of methoxy groups -OCH3 is 1. The Morgan fingerprint density at radius 3 is 1.94 bits per heavy atom. The number of rotatable bonds is 5. The molecule has 1 heterocycles. The van der Waals surface area contributed by atoms with Gasteiger partial charge in [0.25, 0.3) is 0 Å². The number of aryl methyl sites for hydroxylation is 3. The van der Waals surface area contributed by atoms with Crippen molar-refractivity contribution in [2.24, 2.45) is 0 Å². The molecular weight excluding hydrogens is 626 g/mol. The van der Waals surface area contributed by atoms with Crippen LogP contribution in [0.15, 0.2) is 91.0 Å². The fourth-order valence-electron chi connectivity index (χ4n) is 7.49. The van der Waals surface area contributed by atoms with Crippen LogP contribution in [-0.2, 0) is 11.0 Å². The average molecular weight is 659 g/mol. The van der Waals surface area contributed by atoms with Crippen molar-refractivity contribution >= 4 is 16.8 Å². The highest BCUT2D eigenvalue weighted by Gasteiger charge is 2.63. The summed E-state index contributed by atoms with van der Waals surface area (Å²) in [7, 11) is 1.55. The van der Waals surface area contributed by atoms with Gasteiger partial charge in [0.1, 0.15) is 16.9 Å². The van der Waals surface area contributed by atoms with Crippen LogP contribution in [0.3, 0.4) is 0 Å². The molecule has 0 fully saturated rings. The highest BCUT2D eigenvalue weighted by Crippen LogP contribution is 2.64. The zero-order valence-corrected chi connectivity index (χ0v) is 26.7. The van der Waals surface area contributed by atoms with E-state index in [1.807, 2.05) is 62.4 Å². The number of hydrogen-bond donors (Lipinski definition) is 0. The summed E-state index contributed by atoms with van der Waals surface area (Å²) in [6.07, 6.45) is -9.32. The Bertz CT molecular complexity index is 2090. The van der Waals surface area contributed by atoms with E-state index in [-0.39, 0.29) is 28.0 Å². The molecule has 8 heteroatoms. The number of benzene rings is 5. The van der Waals surface area contributed by atoms with E-state index >= 15 is 13.2 Å². The molecule has 0 aromatic heterocycles. The molecule has 0 saturated carbocycles. The van der Waals surface area contributed by atoms with E-state index < -0.39 is 36.2 Å². The van der Waals surface area contributed by atoms with Gasteiger partial charge in [-0.25, -0.2) is 0 Å². The lowest BCUT2D eigenvalue weighted by molar-refractivity contribution is -0.192. The number of ether oxygens (including phenoxy) is 2. The lowest BCUT2D eigenvalue weighted by Gasteiger charge is -2.40. The van der Waals surface area contributed by atoms with Gasteiger partial charge in [-0.05, 0) is 79.1 Å². The first kappa shape index (κ1) is 31.9. The summed E-state index contributed by atoms with van der Waals surface area (Å²) >= 11 is 0. The molecule has 5 aromatic rings. The van der Waals surface area contributed by atoms with E-state index in [0.29, 0.717) is 33.2 Å². The number of alkyl halides is 6. The summed E-state index contributed by atoms with van der Waals surface area (Å²) in [4.78, 5) is 0. The SMILES string of the molecule is COc1ccc(C2(c3ccc(C)cc3)C=Cc3c4c(c5ccc(C)cc5c3O2)-c2ccc(C)cc2C4(CCC(F)(F)F)C(F)(F)F)cc1. The van der Waals surface area contributed by atoms with Crippen LogP contribution in [0.1, 0.15) is 57.3 Å². The minimum absolute atomic E-state index is 0.132. The predicted molar refractivity (Wildman–Crippen MR) is 176 cm³/mol. The van der Waals surface area contributed by atoms with Gasteiger partial charge in [-0.2, -0.15) is 26.3 Å². The zero-order valence-electron chi connectivity index (χ0n) is 26.7. The summed E-state index contributed by atoms with van der Waals surface area (Å²) in [6, 6.07) is 25.1. The van der Waals surface area contributed by atoms with Gasteiger partial charge in [-0.15, -0.1) is 0 Å². The third-order valence-corrected chi connectivity index (χ3v) is 9.80. The van der Waals surface area contributed by atoms with Crippen LogP contribution in [-0.4, -0.2) is 19.5 Å². The summed E-state index contributed by atoms with van der Waals surface area (Å²) in [5.74, 6) is 0.807. The third-order valence-electron chi connectivity index (χ3n) is 9.80. The number of halogens is 6. The monoisotopic (exact) mass is 658 g/mol. The lowest BCUT2D eigenvalue weighted by atomic mass is 9.70. The van der Waals surface area contributed by atoms with Gasteiger partial charge >= 0.3 is 12.4 Å². The van der Waals surface area contributed by atoms with E-state index in [1.165, 1.54) is 6.07 Å². The first-order chi connectivity index (χ1) is 22.7. The van der Waals surface area contributed by atoms with Crippen molar-refractivity contribution in [1.29, 1.82) is 0 Å². The summed E-state index contributed by atoms with van der Waals surface area (Å²) < 4.78 is 102. The second kappa shape index (κ2) is 10.9. The Balaban J connectivity index is 1.60. The van der Waals surface area contributed by atoms with Crippen molar-refractivity contribution in [2.45, 2.75) is 57.0 Å². The molecule has 1 aliphatic carbocycles. The molecule has 2 unspecified atom stereocenters. The van der Waals surface area contributed by atoms with Crippen LogP contribution in [0.25, 0.3) is 28.0 Å². The van der Waals surface area contributed by atoms with Crippen molar-refractivity contribution in [3.8, 4) is 22.6 Å². The molecular formula is C40H32F6O2. The van der Waals surface area contributed by atoms with E-state index in [4.69, 9.17) is 9.47 Å². The summed E-state index contributed by atoms with van der Waals surface area (Å²) in [6.45, 7) is 5.49. The van der Waals surface area contributed by atoms with Crippen molar-refractivity contribution in [1.82, 2.24) is 0 Å². The van der Waals surface area contributed by atoms with Crippen molar-refractivity contribution in [2.75, 3.05) is 7.11 Å². The third kappa shape index (κ3) is 4.79. The summed E-state index contributed by atoms with van der Waals surface area (Å²) in [5.41, 5.74) is -0.0265. The fraction of sp³-hybridized carbons (Fsp3) is 0.250. The van der Waals surface area contributed by atoms with Gasteiger partial charge < -0.3 is 9.47 Å². The van der Waals surface area contributed by atoms with Crippen molar-refractivity contribution in [3.05, 3.63) is 136 Å². The second-order valence-corrected chi connectivity index (χ2v) is 12.9. The Morgan fingerprint density at radius 1 is 0.708 bits per heavy atom. The molecule has 5 aromatic carbocycles. The van der Waals surface area contributed by atoms with Crippen LogP contribution >= 0.6 is 0 Å². The van der Waals surface area contributed by atoms with Gasteiger partial charge in [0.15, 0.2) is 5.60 Å². The lowest BCUT2D eigenvalue weighted by Crippen LogP contribution is -2.44.